The van der Waals surface area contributed by atoms with Gasteiger partial charge in [-0.25, -0.2) is 9.97 Å². The van der Waals surface area contributed by atoms with Crippen molar-refractivity contribution >= 4 is 96.8 Å². The van der Waals surface area contributed by atoms with Crippen molar-refractivity contribution in [2.75, 3.05) is 0 Å². The topological polar surface area (TPSA) is 35.6 Å². The average molecular weight is 767 g/mol. The molecule has 5 heteroatoms. The van der Waals surface area contributed by atoms with Crippen molar-refractivity contribution in [1.82, 2.24) is 19.1 Å². The van der Waals surface area contributed by atoms with Gasteiger partial charge in [-0.05, 0) is 64.4 Å². The second-order valence-corrected chi connectivity index (χ2v) is 16.8. The van der Waals surface area contributed by atoms with Crippen LogP contribution in [0.1, 0.15) is 0 Å². The van der Waals surface area contributed by atoms with Crippen molar-refractivity contribution in [3.8, 4) is 45.1 Å². The third-order valence-corrected chi connectivity index (χ3v) is 13.8. The maximum absolute atomic E-state index is 5.69. The predicted molar refractivity (Wildman–Crippen MR) is 248 cm³/mol. The Labute approximate surface area is 341 Å². The second-order valence-electron chi connectivity index (χ2n) is 15.7. The highest BCUT2D eigenvalue weighted by atomic mass is 32.1. The molecular weight excluding hydrogens is 737 g/mol. The molecule has 0 saturated carbocycles. The van der Waals surface area contributed by atoms with Crippen LogP contribution in [0, 0.1) is 0 Å². The van der Waals surface area contributed by atoms with Gasteiger partial charge in [-0.3, -0.25) is 4.57 Å². The minimum atomic E-state index is 0.658. The fraction of sp³-hybridized carbons (Fsp3) is 0. The summed E-state index contributed by atoms with van der Waals surface area (Å²) in [6.45, 7) is 0. The summed E-state index contributed by atoms with van der Waals surface area (Å²) >= 11 is 1.84. The lowest BCUT2D eigenvalue weighted by atomic mass is 9.91. The fourth-order valence-corrected chi connectivity index (χ4v) is 11.4. The first-order valence-electron chi connectivity index (χ1n) is 20.1. The molecule has 0 bridgehead atoms. The van der Waals surface area contributed by atoms with E-state index in [0.29, 0.717) is 5.95 Å². The second kappa shape index (κ2) is 11.5. The smallest absolute Gasteiger partial charge is 0.235 e. The monoisotopic (exact) mass is 766 g/mol. The molecule has 0 spiro atoms. The largest absolute Gasteiger partial charge is 0.308 e. The molecule has 0 radical (unpaired) electrons. The Balaban J connectivity index is 1.16. The zero-order valence-electron chi connectivity index (χ0n) is 31.5. The summed E-state index contributed by atoms with van der Waals surface area (Å²) in [5.74, 6) is 0.658. The van der Waals surface area contributed by atoms with Crippen LogP contribution in [-0.4, -0.2) is 19.1 Å². The molecule has 0 unspecified atom stereocenters. The molecule has 0 atom stereocenters. The van der Waals surface area contributed by atoms with Gasteiger partial charge in [-0.15, -0.1) is 11.3 Å². The van der Waals surface area contributed by atoms with E-state index in [1.165, 1.54) is 86.1 Å². The molecule has 4 nitrogen and oxygen atoms in total. The molecule has 9 aromatic carbocycles. The molecule has 0 aliphatic carbocycles. The van der Waals surface area contributed by atoms with E-state index in [-0.39, 0.29) is 0 Å². The summed E-state index contributed by atoms with van der Waals surface area (Å²) in [5, 5.41) is 10.8. The van der Waals surface area contributed by atoms with Crippen LogP contribution in [0.25, 0.3) is 131 Å². The normalized spacial score (nSPS) is 12.4. The van der Waals surface area contributed by atoms with Gasteiger partial charge in [-0.2, -0.15) is 0 Å². The van der Waals surface area contributed by atoms with Crippen LogP contribution in [-0.2, 0) is 0 Å². The number of aromatic nitrogens is 4. The van der Waals surface area contributed by atoms with E-state index >= 15 is 0 Å². The molecule has 14 rings (SSSR count). The van der Waals surface area contributed by atoms with Gasteiger partial charge in [0.1, 0.15) is 0 Å². The Bertz CT molecular complexity index is 3980. The third kappa shape index (κ3) is 4.16. The Morgan fingerprint density at radius 2 is 1.08 bits per heavy atom. The minimum absolute atomic E-state index is 0.658. The van der Waals surface area contributed by atoms with Crippen LogP contribution in [0.4, 0.5) is 0 Å². The molecule has 0 amide bonds. The van der Waals surface area contributed by atoms with Gasteiger partial charge in [0, 0.05) is 63.8 Å². The number of fused-ring (bicyclic) bond motifs is 18. The van der Waals surface area contributed by atoms with E-state index in [2.05, 4.69) is 191 Å². The standard InChI is InChI=1S/C54H30N4S/c1-2-14-33-31(13-1)26-28-42-49(33)52(32-25-27-38-37-18-8-12-24-47(37)59-48(38)29-32)56-54(55-42)58-45-23-11-7-20-40(45)50-46(58)30-41-36-17-6-10-22-44(36)57-43-21-9-5-16-35(43)34-15-3-4-19-39(34)51(50)53(41)57/h1-30H. The van der Waals surface area contributed by atoms with E-state index in [9.17, 15) is 0 Å². The summed E-state index contributed by atoms with van der Waals surface area (Å²) in [5.41, 5.74) is 13.6. The highest BCUT2D eigenvalue weighted by Crippen LogP contribution is 2.52. The zero-order chi connectivity index (χ0) is 38.3. The molecule has 0 saturated heterocycles. The van der Waals surface area contributed by atoms with Crippen molar-refractivity contribution in [3.05, 3.63) is 182 Å². The Hall–Kier alpha value is -7.60. The summed E-state index contributed by atoms with van der Waals surface area (Å²) in [6, 6.07) is 66.4. The average Bonchev–Trinajstić information content (AvgIpc) is 3.92. The van der Waals surface area contributed by atoms with E-state index < -0.39 is 0 Å². The van der Waals surface area contributed by atoms with E-state index in [0.717, 1.165) is 38.6 Å². The van der Waals surface area contributed by atoms with Gasteiger partial charge < -0.3 is 4.57 Å². The minimum Gasteiger partial charge on any atom is -0.308 e. The summed E-state index contributed by atoms with van der Waals surface area (Å²) < 4.78 is 7.37. The van der Waals surface area contributed by atoms with E-state index in [4.69, 9.17) is 9.97 Å². The summed E-state index contributed by atoms with van der Waals surface area (Å²) in [6.07, 6.45) is 0. The van der Waals surface area contributed by atoms with Gasteiger partial charge in [0.2, 0.25) is 5.95 Å². The van der Waals surface area contributed by atoms with E-state index in [1.807, 2.05) is 11.3 Å². The molecule has 0 fully saturated rings. The first-order chi connectivity index (χ1) is 29.3. The van der Waals surface area contributed by atoms with Gasteiger partial charge in [0.05, 0.1) is 39.0 Å². The molecule has 4 aromatic heterocycles. The molecule has 13 aromatic rings. The summed E-state index contributed by atoms with van der Waals surface area (Å²) in [7, 11) is 0. The molecular formula is C54H30N4S. The Kier molecular flexibility index (Phi) is 6.14. The molecule has 272 valence electrons. The van der Waals surface area contributed by atoms with Gasteiger partial charge in [0.25, 0.3) is 0 Å². The number of nitrogens with zero attached hydrogens (tertiary/aromatic N) is 4. The first-order valence-corrected chi connectivity index (χ1v) is 20.9. The lowest BCUT2D eigenvalue weighted by Gasteiger charge is -2.14. The Morgan fingerprint density at radius 1 is 0.407 bits per heavy atom. The van der Waals surface area contributed by atoms with Crippen molar-refractivity contribution < 1.29 is 0 Å². The van der Waals surface area contributed by atoms with Crippen molar-refractivity contribution in [3.63, 3.8) is 0 Å². The fourth-order valence-electron chi connectivity index (χ4n) is 10.2. The van der Waals surface area contributed by atoms with Gasteiger partial charge in [-0.1, -0.05) is 140 Å². The number of para-hydroxylation sites is 3. The van der Waals surface area contributed by atoms with Gasteiger partial charge in [0.15, 0.2) is 0 Å². The third-order valence-electron chi connectivity index (χ3n) is 12.7. The van der Waals surface area contributed by atoms with Crippen molar-refractivity contribution in [1.29, 1.82) is 0 Å². The lowest BCUT2D eigenvalue weighted by Crippen LogP contribution is -2.04. The number of rotatable bonds is 2. The van der Waals surface area contributed by atoms with Crippen LogP contribution in [0.3, 0.4) is 0 Å². The quantitative estimate of drug-likeness (QED) is 0.164. The van der Waals surface area contributed by atoms with Crippen LogP contribution in [0.5, 0.6) is 0 Å². The summed E-state index contributed by atoms with van der Waals surface area (Å²) in [4.78, 5) is 11.2. The number of thiophene rings is 1. The molecule has 5 heterocycles. The number of hydrogen-bond donors (Lipinski definition) is 0. The van der Waals surface area contributed by atoms with Crippen LogP contribution < -0.4 is 0 Å². The van der Waals surface area contributed by atoms with Crippen molar-refractivity contribution in [2.45, 2.75) is 0 Å². The van der Waals surface area contributed by atoms with Crippen LogP contribution in [0.15, 0.2) is 182 Å². The van der Waals surface area contributed by atoms with Crippen LogP contribution in [0.2, 0.25) is 0 Å². The van der Waals surface area contributed by atoms with Crippen LogP contribution >= 0.6 is 11.3 Å². The molecule has 0 N–H and O–H groups in total. The maximum atomic E-state index is 5.69. The SMILES string of the molecule is c1ccc2c(c1)-c1ccccc1-n1c3ccccc3c3cc4c(c-2c31)c1ccccc1n4-c1nc(-c2ccc3c(c2)sc2ccccc23)c2c(ccc3ccccc32)n1. The molecule has 59 heavy (non-hydrogen) atoms. The van der Waals surface area contributed by atoms with E-state index in [1.54, 1.807) is 0 Å². The van der Waals surface area contributed by atoms with Gasteiger partial charge >= 0.3 is 0 Å². The highest BCUT2D eigenvalue weighted by molar-refractivity contribution is 7.25. The van der Waals surface area contributed by atoms with Crippen molar-refractivity contribution in [2.24, 2.45) is 0 Å². The zero-order valence-corrected chi connectivity index (χ0v) is 32.3. The predicted octanol–water partition coefficient (Wildman–Crippen LogP) is 14.7. The molecule has 1 aliphatic heterocycles. The first kappa shape index (κ1) is 31.5. The number of benzene rings is 9. The Morgan fingerprint density at radius 3 is 1.97 bits per heavy atom. The number of hydrogen-bond acceptors (Lipinski definition) is 3. The maximum Gasteiger partial charge on any atom is 0.235 e. The molecule has 1 aliphatic rings. The highest BCUT2D eigenvalue weighted by Gasteiger charge is 2.29. The lowest BCUT2D eigenvalue weighted by molar-refractivity contribution is 1.02.